The van der Waals surface area contributed by atoms with Gasteiger partial charge in [-0.1, -0.05) is 42.5 Å². The summed E-state index contributed by atoms with van der Waals surface area (Å²) in [4.78, 5) is 259. The quantitative estimate of drug-likeness (QED) is 0.00730. The number of carbonyl (C=O) groups is 18. The van der Waals surface area contributed by atoms with Crippen LogP contribution in [0.1, 0.15) is 147 Å². The summed E-state index contributed by atoms with van der Waals surface area (Å²) in [6, 6.07) is -7.11. The Morgan fingerprint density at radius 2 is 0.746 bits per heavy atom. The van der Waals surface area contributed by atoms with Gasteiger partial charge in [-0.3, -0.25) is 107 Å². The third kappa shape index (κ3) is 50.2. The summed E-state index contributed by atoms with van der Waals surface area (Å²) < 4.78 is 14.0. The first kappa shape index (κ1) is 120. The van der Waals surface area contributed by atoms with Crippen molar-refractivity contribution in [1.82, 2.24) is 95.6 Å². The van der Waals surface area contributed by atoms with Gasteiger partial charge in [0.15, 0.2) is 17.9 Å². The van der Waals surface area contributed by atoms with E-state index >= 15 is 0 Å². The molecule has 0 radical (unpaired) electrons. The minimum atomic E-state index is -1.88. The van der Waals surface area contributed by atoms with Gasteiger partial charge in [0.2, 0.25) is 94.5 Å². The summed E-state index contributed by atoms with van der Waals surface area (Å²) >= 11 is 0. The Morgan fingerprint density at radius 3 is 1.14 bits per heavy atom. The second-order valence-corrected chi connectivity index (χ2v) is 32.2. The van der Waals surface area contributed by atoms with Crippen LogP contribution in [0.2, 0.25) is 0 Å². The molecular formula is C82H142FN35O20. The molecule has 2 rings (SSSR count). The minimum absolute atomic E-state index is 0.00533. The maximum Gasteiger partial charge on any atom is 0.256 e. The van der Waals surface area contributed by atoms with Gasteiger partial charge in [-0.25, -0.2) is 27.0 Å². The van der Waals surface area contributed by atoms with E-state index in [1.807, 2.05) is 35.8 Å². The number of carbonyl (C=O) groups excluding carboxylic acids is 18. The molecule has 2 aromatic rings. The number of amides is 18. The maximum atomic E-state index is 14.7. The number of hydrogen-bond donors (Lipinski definition) is 33. The van der Waals surface area contributed by atoms with Crippen LogP contribution < -0.4 is 171 Å². The van der Waals surface area contributed by atoms with Gasteiger partial charge in [0.1, 0.15) is 84.4 Å². The number of unbranched alkanes of at least 4 members (excludes halogenated alkanes) is 3. The van der Waals surface area contributed by atoms with E-state index in [0.29, 0.717) is 18.4 Å². The molecule has 772 valence electrons. The van der Waals surface area contributed by atoms with Crippen molar-refractivity contribution in [2.45, 2.75) is 240 Å². The van der Waals surface area contributed by atoms with E-state index in [1.54, 1.807) is 0 Å². The average Bonchev–Trinajstić information content (AvgIpc) is 0.853. The predicted molar refractivity (Wildman–Crippen MR) is 501 cm³/mol. The van der Waals surface area contributed by atoms with Crippen molar-refractivity contribution >= 4 is 124 Å². The topological polar surface area (TPSA) is 957 Å². The Labute approximate surface area is 796 Å². The van der Waals surface area contributed by atoms with E-state index < -0.39 is 236 Å². The van der Waals surface area contributed by atoms with Gasteiger partial charge in [-0.15, -0.1) is 0 Å². The van der Waals surface area contributed by atoms with Gasteiger partial charge in [-0.05, 0) is 173 Å². The van der Waals surface area contributed by atoms with Crippen molar-refractivity contribution in [3.63, 3.8) is 0 Å². The van der Waals surface area contributed by atoms with Crippen molar-refractivity contribution in [3.05, 3.63) is 71.5 Å². The minimum Gasteiger partial charge on any atom is -0.394 e. The van der Waals surface area contributed by atoms with Crippen LogP contribution in [0.3, 0.4) is 0 Å². The van der Waals surface area contributed by atoms with Gasteiger partial charge >= 0.3 is 0 Å². The lowest BCUT2D eigenvalue weighted by molar-refractivity contribution is -0.137. The highest BCUT2D eigenvalue weighted by molar-refractivity contribution is 6.01. The van der Waals surface area contributed by atoms with Crippen LogP contribution in [0, 0.1) is 5.82 Å². The lowest BCUT2D eigenvalue weighted by Gasteiger charge is -2.28. The van der Waals surface area contributed by atoms with E-state index in [9.17, 15) is 101 Å². The fraction of sp³-hybridized carbons (Fsp3) is 0.598. The molecule has 0 aromatic heterocycles. The number of nitrogens with two attached hydrogens (primary N) is 14. The number of benzene rings is 2. The normalized spacial score (nSPS) is 14.2. The number of guanidine groups is 3. The Balaban J connectivity index is 2.41. The van der Waals surface area contributed by atoms with Crippen molar-refractivity contribution in [2.24, 2.45) is 95.6 Å². The number of aliphatic hydroxyl groups is 2. The van der Waals surface area contributed by atoms with Crippen LogP contribution in [-0.4, -0.2) is 302 Å². The summed E-state index contributed by atoms with van der Waals surface area (Å²) in [5.41, 5.74) is 65.6. The lowest BCUT2D eigenvalue weighted by Crippen LogP contribution is -2.61. The first-order chi connectivity index (χ1) is 65.4. The van der Waals surface area contributed by atoms with Crippen LogP contribution in [0.25, 0.3) is 0 Å². The second-order valence-electron chi connectivity index (χ2n) is 32.2. The molecule has 138 heavy (non-hydrogen) atoms. The number of aliphatic hydroxyl groups excluding tert-OH is 2. The van der Waals surface area contributed by atoms with E-state index in [0.717, 1.165) is 31.5 Å². The van der Waals surface area contributed by atoms with Crippen LogP contribution >= 0.6 is 0 Å². The number of hydrogen-bond acceptors (Lipinski definition) is 31. The summed E-state index contributed by atoms with van der Waals surface area (Å²) in [5, 5.41) is 61.0. The van der Waals surface area contributed by atoms with Gasteiger partial charge in [-0.2, -0.15) is 0 Å². The Bertz CT molecular complexity index is 4360. The number of aliphatic imine (C=N–C) groups is 3. The number of hydrazine groups is 3. The van der Waals surface area contributed by atoms with Gasteiger partial charge in [0.25, 0.3) is 11.8 Å². The number of primary amides is 1. The van der Waals surface area contributed by atoms with Crippen LogP contribution in [0.4, 0.5) is 4.39 Å². The zero-order valence-corrected chi connectivity index (χ0v) is 77.8. The molecule has 0 aliphatic rings. The molecule has 2 aromatic carbocycles. The van der Waals surface area contributed by atoms with Gasteiger partial charge in [0.05, 0.1) is 38.8 Å². The summed E-state index contributed by atoms with van der Waals surface area (Å²) in [7, 11) is 0. The summed E-state index contributed by atoms with van der Waals surface area (Å²) in [6.45, 7) is 0.937. The third-order valence-corrected chi connectivity index (χ3v) is 20.5. The van der Waals surface area contributed by atoms with Crippen LogP contribution in [-0.2, 0) is 99.1 Å². The smallest absolute Gasteiger partial charge is 0.256 e. The third-order valence-electron chi connectivity index (χ3n) is 20.5. The molecule has 56 heteroatoms. The molecule has 0 aliphatic heterocycles. The molecule has 0 spiro atoms. The highest BCUT2D eigenvalue weighted by Crippen LogP contribution is 2.15. The largest absolute Gasteiger partial charge is 0.394 e. The molecule has 0 heterocycles. The first-order valence-corrected chi connectivity index (χ1v) is 44.8. The van der Waals surface area contributed by atoms with Crippen molar-refractivity contribution in [3.8, 4) is 0 Å². The molecule has 0 saturated heterocycles. The zero-order chi connectivity index (χ0) is 104. The van der Waals surface area contributed by atoms with E-state index in [4.69, 9.17) is 80.6 Å². The van der Waals surface area contributed by atoms with Crippen molar-refractivity contribution in [2.75, 3.05) is 72.1 Å². The molecule has 15 atom stereocenters. The number of halogens is 1. The molecule has 0 fully saturated rings. The van der Waals surface area contributed by atoms with Gasteiger partial charge in [0, 0.05) is 45.1 Å². The monoisotopic (exact) mass is 1960 g/mol. The molecule has 0 unspecified atom stereocenters. The fourth-order valence-corrected chi connectivity index (χ4v) is 13.1. The molecular weight excluding hydrogens is 1810 g/mol. The number of nitrogens with one attached hydrogen (secondary N) is 17. The number of nitrogens with zero attached hydrogens (tertiary/aromatic N) is 4. The Hall–Kier alpha value is -13.8. The van der Waals surface area contributed by atoms with E-state index in [1.165, 1.54) is 19.1 Å². The van der Waals surface area contributed by atoms with Crippen LogP contribution in [0.15, 0.2) is 69.6 Å². The Kier molecular flexibility index (Phi) is 58.1. The standard InChI is InChI=1S/C82H142FN35O20/c1-44(104-63(123)42-103-79(138)66(46(3)120)116-76(135)58(37-48-24-26-49(83)27-25-48)106-64(124)41-102-62(122)40-98-39-50(87)36-47-16-5-4-6-17-47)67(126)107-54(21-13-33-99-80(89)90)70(129)111-53(20-9-12-32-86)74(133)115-60(43-119)77(136)105-45(2)68(127)108-55(22-14-34-100-81(91)92)71(130)109-51(18-7-10-30-84)69(128)112-56(23-15-35-101-82(93)94)72(131)110-52(19-8-11-31-85)73(132)114-59(38-61(88)121)75(134)113-57(78(137)117-95)28-29-65(125)118(96)97/h4-6,16-17,24-27,44-46,50-60,66,98,119-120H,7-15,18-23,28-43,84-87,95-97H2,1-3H3,(H2,88,121)(H,102,122)(H,103,138)(H,104,123)(H,105,136)(H,106,124)(H,107,126)(H,108,127)(H,109,130)(H,110,131)(H,111,129)(H,112,128)(H,113,134)(H,114,132)(H,115,133)(H,116,135)(H,117,137)(H4,89,90,99)(H4,91,92,100)(H4,93,94,101)/t44-,45-,46+,50-,51-,52-,53-,54-,55-,56-,57-,58-,59-,60-,66-/m0/s1. The summed E-state index contributed by atoms with van der Waals surface area (Å²) in [5.74, 6) is -3.98. The summed E-state index contributed by atoms with van der Waals surface area (Å²) in [6.07, 6.45) is -3.12. The average molecular weight is 1960 g/mol. The SMILES string of the molecule is C[C@H](NC(=O)CNC(=O)[C@@H](NC(=O)[C@H](Cc1ccc(F)cc1)NC(=O)CNC(=O)CNC[C@@H](N)Cc1ccccc1)[C@@H](C)O)C(=O)N[C@@H](CCCN=C(N)N)C(=O)N[C@@H](CCCCN)C(=O)N[C@@H](CO)C(=O)N[C@@H](C)C(=O)N[C@@H](CCCN=C(N)N)C(=O)N[C@@H](CCCCN)C(=O)N[C@@H](CCCN=C(N)N)C(=O)N[C@@H](CCCCN)C(=O)N[C@@H](CC(N)=O)C(=O)N[C@@H](CCC(=O)N(N)N)C(=O)NN. The second kappa shape index (κ2) is 66.6. The molecule has 18 amide bonds. The van der Waals surface area contributed by atoms with E-state index in [2.05, 4.69) is 100 Å². The maximum absolute atomic E-state index is 14.7. The number of rotatable bonds is 69. The molecule has 0 aliphatic carbocycles. The van der Waals surface area contributed by atoms with Crippen molar-refractivity contribution in [1.29, 1.82) is 0 Å². The Morgan fingerprint density at radius 1 is 0.384 bits per heavy atom. The highest BCUT2D eigenvalue weighted by atomic mass is 19.1. The zero-order valence-electron chi connectivity index (χ0n) is 77.8. The molecule has 55 nitrogen and oxygen atoms in total. The predicted octanol–water partition coefficient (Wildman–Crippen LogP) is -14.8. The first-order valence-electron chi connectivity index (χ1n) is 44.8. The molecule has 47 N–H and O–H groups in total. The fourth-order valence-electron chi connectivity index (χ4n) is 13.1. The lowest BCUT2D eigenvalue weighted by atomic mass is 10.0. The molecule has 0 saturated carbocycles. The highest BCUT2D eigenvalue weighted by Gasteiger charge is 2.38. The van der Waals surface area contributed by atoms with Gasteiger partial charge < -0.3 is 158 Å². The van der Waals surface area contributed by atoms with E-state index in [-0.39, 0.29) is 178 Å². The molecule has 0 bridgehead atoms. The van der Waals surface area contributed by atoms with Crippen LogP contribution in [0.5, 0.6) is 0 Å². The van der Waals surface area contributed by atoms with Crippen molar-refractivity contribution < 1.29 is 101 Å².